The normalized spacial score (nSPS) is 20.4. The number of hydrogen-bond donors (Lipinski definition) is 0. The molecule has 4 heteroatoms. The van der Waals surface area contributed by atoms with E-state index in [0.29, 0.717) is 0 Å². The molecule has 3 heterocycles. The van der Waals surface area contributed by atoms with Gasteiger partial charge in [0.1, 0.15) is 0 Å². The zero-order chi connectivity index (χ0) is 50.3. The van der Waals surface area contributed by atoms with Gasteiger partial charge in [-0.25, -0.2) is 0 Å². The van der Waals surface area contributed by atoms with Crippen molar-refractivity contribution in [3.05, 3.63) is 148 Å². The molecular formula is C67H77BN2S. The van der Waals surface area contributed by atoms with Crippen molar-refractivity contribution in [2.75, 3.05) is 9.80 Å². The lowest BCUT2D eigenvalue weighted by molar-refractivity contribution is 0.332. The maximum atomic E-state index is 2.78. The maximum absolute atomic E-state index is 2.78. The molecule has 0 spiro atoms. The quantitative estimate of drug-likeness (QED) is 0.163. The van der Waals surface area contributed by atoms with Crippen LogP contribution in [-0.2, 0) is 37.9 Å². The Kier molecular flexibility index (Phi) is 9.94. The topological polar surface area (TPSA) is 6.48 Å². The first-order valence-corrected chi connectivity index (χ1v) is 27.9. The Balaban J connectivity index is 1.24. The summed E-state index contributed by atoms with van der Waals surface area (Å²) in [6, 6.07) is 42.1. The number of rotatable bonds is 3. The van der Waals surface area contributed by atoms with Gasteiger partial charge in [0.25, 0.3) is 6.71 Å². The third kappa shape index (κ3) is 6.98. The number of nitrogens with zero attached hydrogens (tertiary/aromatic N) is 2. The minimum Gasteiger partial charge on any atom is -0.311 e. The smallest absolute Gasteiger partial charge is 0.264 e. The molecule has 5 aliphatic rings. The molecule has 71 heavy (non-hydrogen) atoms. The molecule has 0 fully saturated rings. The van der Waals surface area contributed by atoms with Crippen LogP contribution in [0.5, 0.6) is 0 Å². The fraction of sp³-hybridized carbons (Fsp3) is 0.433. The van der Waals surface area contributed by atoms with Crippen LogP contribution < -0.4 is 25.5 Å². The van der Waals surface area contributed by atoms with Crippen LogP contribution >= 0.6 is 11.3 Å². The largest absolute Gasteiger partial charge is 0.311 e. The lowest BCUT2D eigenvalue weighted by Gasteiger charge is -2.48. The summed E-state index contributed by atoms with van der Waals surface area (Å²) in [5.41, 5.74) is 25.5. The Morgan fingerprint density at radius 1 is 0.479 bits per heavy atom. The zero-order valence-electron chi connectivity index (χ0n) is 45.9. The van der Waals surface area contributed by atoms with Crippen molar-refractivity contribution in [3.63, 3.8) is 0 Å². The number of hydrogen-bond acceptors (Lipinski definition) is 3. The molecule has 6 aromatic carbocycles. The number of thiophene rings is 1. The second kappa shape index (κ2) is 15.0. The van der Waals surface area contributed by atoms with Crippen LogP contribution in [0, 0.1) is 6.92 Å². The third-order valence-electron chi connectivity index (χ3n) is 19.0. The predicted molar refractivity (Wildman–Crippen MR) is 311 cm³/mol. The van der Waals surface area contributed by atoms with E-state index >= 15 is 0 Å². The lowest BCUT2D eigenvalue weighted by Crippen LogP contribution is -2.61. The van der Waals surface area contributed by atoms with Crippen molar-refractivity contribution in [2.24, 2.45) is 0 Å². The molecule has 2 nitrogen and oxygen atoms in total. The Bertz CT molecular complexity index is 3370. The molecule has 364 valence electrons. The number of anilines is 6. The van der Waals surface area contributed by atoms with E-state index in [0.717, 1.165) is 0 Å². The minimum absolute atomic E-state index is 0.0359. The van der Waals surface area contributed by atoms with Gasteiger partial charge in [-0.2, -0.15) is 0 Å². The first kappa shape index (κ1) is 47.0. The summed E-state index contributed by atoms with van der Waals surface area (Å²) in [7, 11) is 0. The molecule has 0 saturated carbocycles. The SMILES string of the molecule is Cc1cc2c3c(c1)N(c1ccc(C(C)(C)C)cc1)c1c(sc4cc5c(cc14)C(C)(C)CCC5(C)C)B3c1cc3c(cc1N2c1cc2c(cc1-c1ccccc1)C(C)(C)CCC2(C)C)C(C)(C)CCC3(C)C. The monoisotopic (exact) mass is 953 g/mol. The number of benzene rings is 6. The number of fused-ring (bicyclic) bond motifs is 9. The first-order valence-electron chi connectivity index (χ1n) is 27.1. The average molecular weight is 953 g/mol. The highest BCUT2D eigenvalue weighted by Gasteiger charge is 2.50. The van der Waals surface area contributed by atoms with Crippen molar-refractivity contribution in [1.29, 1.82) is 0 Å². The fourth-order valence-corrected chi connectivity index (χ4v) is 15.4. The Morgan fingerprint density at radius 3 is 1.48 bits per heavy atom. The van der Waals surface area contributed by atoms with Gasteiger partial charge < -0.3 is 9.80 Å². The van der Waals surface area contributed by atoms with Gasteiger partial charge in [-0.1, -0.05) is 152 Å². The van der Waals surface area contributed by atoms with Crippen molar-refractivity contribution in [3.8, 4) is 11.1 Å². The van der Waals surface area contributed by atoms with E-state index in [9.17, 15) is 0 Å². The highest BCUT2D eigenvalue weighted by atomic mass is 32.1. The number of aryl methyl sites for hydroxylation is 1. The highest BCUT2D eigenvalue weighted by Crippen LogP contribution is 2.57. The predicted octanol–water partition coefficient (Wildman–Crippen LogP) is 17.3. The van der Waals surface area contributed by atoms with Crippen LogP contribution in [-0.4, -0.2) is 6.71 Å². The van der Waals surface area contributed by atoms with Crippen molar-refractivity contribution in [1.82, 2.24) is 0 Å². The molecule has 0 bridgehead atoms. The molecule has 2 aliphatic heterocycles. The van der Waals surface area contributed by atoms with Crippen LogP contribution in [0.2, 0.25) is 0 Å². The van der Waals surface area contributed by atoms with Crippen LogP contribution in [0.4, 0.5) is 34.1 Å². The van der Waals surface area contributed by atoms with Crippen LogP contribution in [0.15, 0.2) is 103 Å². The fourth-order valence-electron chi connectivity index (χ4n) is 14.0. The highest BCUT2D eigenvalue weighted by molar-refractivity contribution is 7.33. The second-order valence-corrected chi connectivity index (χ2v) is 29.0. The average Bonchev–Trinajstić information content (AvgIpc) is 3.68. The van der Waals surface area contributed by atoms with Crippen molar-refractivity contribution in [2.45, 2.75) is 187 Å². The van der Waals surface area contributed by atoms with E-state index in [4.69, 9.17) is 0 Å². The van der Waals surface area contributed by atoms with E-state index in [1.54, 1.807) is 0 Å². The summed E-state index contributed by atoms with van der Waals surface area (Å²) < 4.78 is 2.89. The second-order valence-electron chi connectivity index (χ2n) is 27.9. The molecule has 7 aromatic rings. The van der Waals surface area contributed by atoms with Crippen LogP contribution in [0.3, 0.4) is 0 Å². The molecule has 0 N–H and O–H groups in total. The minimum atomic E-state index is 0.0359. The summed E-state index contributed by atoms with van der Waals surface area (Å²) in [5.74, 6) is 0. The summed E-state index contributed by atoms with van der Waals surface area (Å²) in [4.78, 5) is 5.49. The van der Waals surface area contributed by atoms with Gasteiger partial charge in [0.05, 0.1) is 11.4 Å². The lowest BCUT2D eigenvalue weighted by atomic mass is 9.35. The molecular weight excluding hydrogens is 876 g/mol. The Labute approximate surface area is 431 Å². The molecule has 0 radical (unpaired) electrons. The van der Waals surface area contributed by atoms with E-state index in [-0.39, 0.29) is 44.6 Å². The summed E-state index contributed by atoms with van der Waals surface area (Å²) in [6.45, 7) is 39.3. The van der Waals surface area contributed by atoms with Gasteiger partial charge in [-0.15, -0.1) is 11.3 Å². The van der Waals surface area contributed by atoms with Gasteiger partial charge in [-0.3, -0.25) is 0 Å². The zero-order valence-corrected chi connectivity index (χ0v) is 46.8. The molecule has 0 atom stereocenters. The van der Waals surface area contributed by atoms with Crippen molar-refractivity contribution >= 4 is 78.0 Å². The van der Waals surface area contributed by atoms with Gasteiger partial charge >= 0.3 is 0 Å². The van der Waals surface area contributed by atoms with Crippen LogP contribution in [0.25, 0.3) is 21.2 Å². The summed E-state index contributed by atoms with van der Waals surface area (Å²) in [6.07, 6.45) is 7.10. The molecule has 0 unspecified atom stereocenters. The molecule has 0 amide bonds. The van der Waals surface area contributed by atoms with Gasteiger partial charge in [-0.05, 0) is 199 Å². The van der Waals surface area contributed by atoms with Gasteiger partial charge in [0.15, 0.2) is 0 Å². The van der Waals surface area contributed by atoms with Gasteiger partial charge in [0, 0.05) is 43.2 Å². The van der Waals surface area contributed by atoms with E-state index in [1.165, 1.54) is 154 Å². The summed E-state index contributed by atoms with van der Waals surface area (Å²) in [5, 5.41) is 1.40. The standard InChI is InChI=1S/C67H77BN2S/c1-40-32-55-58-56(33-40)70(53-37-49-46(62(5,6)26-29-65(49,11)12)34-44(53)41-20-18-17-19-21-41)54-38-50-48(64(9,10)28-30-66(50,13)14)36-52(54)68(58)60-59(69(55)43-24-22-42(23-25-43)61(2,3)4)45-35-47-51(39-57(45)71-60)67(15,16)31-27-63(47,7)8/h17-25,32-39H,26-31H2,1-16H3. The molecule has 12 rings (SSSR count). The van der Waals surface area contributed by atoms with E-state index < -0.39 is 0 Å². The third-order valence-corrected chi connectivity index (χ3v) is 20.2. The van der Waals surface area contributed by atoms with Crippen molar-refractivity contribution < 1.29 is 0 Å². The molecule has 1 aromatic heterocycles. The van der Waals surface area contributed by atoms with E-state index in [2.05, 4.69) is 235 Å². The maximum Gasteiger partial charge on any atom is 0.264 e. The Hall–Kier alpha value is -5.06. The van der Waals surface area contributed by atoms with Crippen LogP contribution in [0.1, 0.15) is 187 Å². The van der Waals surface area contributed by atoms with E-state index in [1.807, 2.05) is 0 Å². The molecule has 0 saturated heterocycles. The molecule has 3 aliphatic carbocycles. The van der Waals surface area contributed by atoms with Gasteiger partial charge in [0.2, 0.25) is 0 Å². The Morgan fingerprint density at radius 2 is 0.944 bits per heavy atom. The summed E-state index contributed by atoms with van der Waals surface area (Å²) >= 11 is 2.08. The first-order chi connectivity index (χ1) is 33.2.